The molecule has 1 aliphatic rings. The molecule has 0 bridgehead atoms. The van der Waals surface area contributed by atoms with E-state index in [1.807, 2.05) is 6.92 Å². The molecule has 1 aromatic rings. The van der Waals surface area contributed by atoms with Crippen molar-refractivity contribution in [2.75, 3.05) is 39.8 Å². The van der Waals surface area contributed by atoms with Gasteiger partial charge in [-0.2, -0.15) is 0 Å². The van der Waals surface area contributed by atoms with Gasteiger partial charge in [-0.3, -0.25) is 0 Å². The van der Waals surface area contributed by atoms with Crippen LogP contribution >= 0.6 is 0 Å². The maximum atomic E-state index is 5.45. The summed E-state index contributed by atoms with van der Waals surface area (Å²) in [6.45, 7) is 7.30. The van der Waals surface area contributed by atoms with Crippen LogP contribution in [0.15, 0.2) is 24.3 Å². The van der Waals surface area contributed by atoms with Gasteiger partial charge in [0.15, 0.2) is 0 Å². The van der Waals surface area contributed by atoms with Crippen molar-refractivity contribution in [3.05, 3.63) is 29.8 Å². The van der Waals surface area contributed by atoms with Crippen molar-refractivity contribution in [3.8, 4) is 5.75 Å². The molecule has 1 aromatic carbocycles. The molecule has 1 N–H and O–H groups in total. The topological polar surface area (TPSA) is 24.5 Å². The van der Waals surface area contributed by atoms with Crippen molar-refractivity contribution in [1.82, 2.24) is 10.2 Å². The van der Waals surface area contributed by atoms with Crippen LogP contribution in [0, 0.1) is 5.92 Å². The van der Waals surface area contributed by atoms with Crippen molar-refractivity contribution >= 4 is 0 Å². The molecular formula is C17H28N2O. The number of hydrogen-bond donors (Lipinski definition) is 1. The van der Waals surface area contributed by atoms with Gasteiger partial charge in [0, 0.05) is 19.6 Å². The van der Waals surface area contributed by atoms with Crippen LogP contribution in [0.5, 0.6) is 5.75 Å². The first kappa shape index (κ1) is 15.3. The van der Waals surface area contributed by atoms with Crippen molar-refractivity contribution in [3.63, 3.8) is 0 Å². The SMILES string of the molecule is CCOc1ccc(CCNCCN(C)CC2CC2)cc1. The number of benzene rings is 1. The van der Waals surface area contributed by atoms with E-state index < -0.39 is 0 Å². The van der Waals surface area contributed by atoms with Gasteiger partial charge in [0.2, 0.25) is 0 Å². The number of hydrogen-bond acceptors (Lipinski definition) is 3. The summed E-state index contributed by atoms with van der Waals surface area (Å²) >= 11 is 0. The molecule has 2 rings (SSSR count). The van der Waals surface area contributed by atoms with Gasteiger partial charge in [-0.15, -0.1) is 0 Å². The van der Waals surface area contributed by atoms with Crippen molar-refractivity contribution in [1.29, 1.82) is 0 Å². The maximum Gasteiger partial charge on any atom is 0.119 e. The van der Waals surface area contributed by atoms with Crippen LogP contribution in [0.4, 0.5) is 0 Å². The number of likely N-dealkylation sites (N-methyl/N-ethyl adjacent to an activating group) is 1. The second-order valence-corrected chi connectivity index (χ2v) is 5.78. The molecule has 0 atom stereocenters. The molecule has 0 saturated heterocycles. The van der Waals surface area contributed by atoms with Crippen LogP contribution in [0.25, 0.3) is 0 Å². The van der Waals surface area contributed by atoms with Gasteiger partial charge in [0.25, 0.3) is 0 Å². The molecule has 3 heteroatoms. The number of nitrogens with zero attached hydrogens (tertiary/aromatic N) is 1. The Balaban J connectivity index is 1.53. The van der Waals surface area contributed by atoms with E-state index in [2.05, 4.69) is 41.5 Å². The zero-order valence-corrected chi connectivity index (χ0v) is 12.9. The normalized spacial score (nSPS) is 14.8. The second kappa shape index (κ2) is 8.28. The molecule has 1 aliphatic carbocycles. The fourth-order valence-corrected chi connectivity index (χ4v) is 2.38. The molecule has 0 unspecified atom stereocenters. The Hall–Kier alpha value is -1.06. The highest BCUT2D eigenvalue weighted by molar-refractivity contribution is 5.27. The molecule has 112 valence electrons. The van der Waals surface area contributed by atoms with Crippen LogP contribution in [0.1, 0.15) is 25.3 Å². The lowest BCUT2D eigenvalue weighted by atomic mass is 10.1. The van der Waals surface area contributed by atoms with E-state index in [0.717, 1.165) is 44.3 Å². The Bertz CT molecular complexity index is 373. The van der Waals surface area contributed by atoms with Crippen LogP contribution < -0.4 is 10.1 Å². The third-order valence-corrected chi connectivity index (χ3v) is 3.76. The van der Waals surface area contributed by atoms with Gasteiger partial charge in [-0.1, -0.05) is 12.1 Å². The van der Waals surface area contributed by atoms with Gasteiger partial charge in [-0.05, 0) is 63.4 Å². The van der Waals surface area contributed by atoms with Crippen LogP contribution in [0.2, 0.25) is 0 Å². The summed E-state index contributed by atoms with van der Waals surface area (Å²) < 4.78 is 5.45. The first-order valence-electron chi connectivity index (χ1n) is 7.89. The van der Waals surface area contributed by atoms with E-state index in [9.17, 15) is 0 Å². The summed E-state index contributed by atoms with van der Waals surface area (Å²) in [5.41, 5.74) is 1.37. The molecule has 0 heterocycles. The average Bonchev–Trinajstić information content (AvgIpc) is 3.24. The molecule has 1 fully saturated rings. The Morgan fingerprint density at radius 1 is 1.20 bits per heavy atom. The first-order chi connectivity index (χ1) is 9.78. The quantitative estimate of drug-likeness (QED) is 0.665. The van der Waals surface area contributed by atoms with E-state index in [0.29, 0.717) is 0 Å². The molecule has 20 heavy (non-hydrogen) atoms. The minimum absolute atomic E-state index is 0.731. The predicted molar refractivity (Wildman–Crippen MR) is 84.4 cm³/mol. The Morgan fingerprint density at radius 2 is 1.95 bits per heavy atom. The fourth-order valence-electron chi connectivity index (χ4n) is 2.38. The highest BCUT2D eigenvalue weighted by Gasteiger charge is 2.22. The summed E-state index contributed by atoms with van der Waals surface area (Å²) in [5.74, 6) is 1.95. The van der Waals surface area contributed by atoms with E-state index in [1.165, 1.54) is 24.9 Å². The lowest BCUT2D eigenvalue weighted by Crippen LogP contribution is -2.31. The summed E-state index contributed by atoms with van der Waals surface area (Å²) in [6.07, 6.45) is 3.96. The van der Waals surface area contributed by atoms with Crippen LogP contribution in [-0.4, -0.2) is 44.7 Å². The minimum Gasteiger partial charge on any atom is -0.494 e. The van der Waals surface area contributed by atoms with Gasteiger partial charge < -0.3 is 15.0 Å². The zero-order valence-electron chi connectivity index (χ0n) is 12.9. The Morgan fingerprint density at radius 3 is 2.60 bits per heavy atom. The van der Waals surface area contributed by atoms with Crippen LogP contribution in [0.3, 0.4) is 0 Å². The summed E-state index contributed by atoms with van der Waals surface area (Å²) in [5, 5.41) is 3.53. The van der Waals surface area contributed by atoms with E-state index in [4.69, 9.17) is 4.74 Å². The molecule has 0 spiro atoms. The average molecular weight is 276 g/mol. The fraction of sp³-hybridized carbons (Fsp3) is 0.647. The van der Waals surface area contributed by atoms with Gasteiger partial charge in [0.1, 0.15) is 5.75 Å². The predicted octanol–water partition coefficient (Wildman–Crippen LogP) is 2.56. The lowest BCUT2D eigenvalue weighted by molar-refractivity contribution is 0.319. The van der Waals surface area contributed by atoms with Crippen molar-refractivity contribution in [2.24, 2.45) is 5.92 Å². The summed E-state index contributed by atoms with van der Waals surface area (Å²) in [7, 11) is 2.23. The highest BCUT2D eigenvalue weighted by Crippen LogP contribution is 2.29. The first-order valence-corrected chi connectivity index (χ1v) is 7.89. The van der Waals surface area contributed by atoms with Crippen LogP contribution in [-0.2, 0) is 6.42 Å². The van der Waals surface area contributed by atoms with Gasteiger partial charge in [-0.25, -0.2) is 0 Å². The number of ether oxygens (including phenoxy) is 1. The Kier molecular flexibility index (Phi) is 6.34. The standard InChI is InChI=1S/C17H28N2O/c1-3-20-17-8-6-15(7-9-17)10-11-18-12-13-19(2)14-16-4-5-16/h6-9,16,18H,3-5,10-14H2,1-2H3. The molecule has 0 aromatic heterocycles. The number of rotatable bonds is 10. The maximum absolute atomic E-state index is 5.45. The highest BCUT2D eigenvalue weighted by atomic mass is 16.5. The largest absolute Gasteiger partial charge is 0.494 e. The third-order valence-electron chi connectivity index (χ3n) is 3.76. The molecule has 3 nitrogen and oxygen atoms in total. The third kappa shape index (κ3) is 5.93. The Labute approximate surface area is 123 Å². The second-order valence-electron chi connectivity index (χ2n) is 5.78. The number of nitrogens with one attached hydrogen (secondary N) is 1. The van der Waals surface area contributed by atoms with Gasteiger partial charge in [0.05, 0.1) is 6.61 Å². The lowest BCUT2D eigenvalue weighted by Gasteiger charge is -2.16. The molecule has 0 aliphatic heterocycles. The molecule has 0 radical (unpaired) electrons. The zero-order chi connectivity index (χ0) is 14.2. The molecule has 0 amide bonds. The summed E-state index contributed by atoms with van der Waals surface area (Å²) in [6, 6.07) is 8.43. The molecule has 1 saturated carbocycles. The van der Waals surface area contributed by atoms with E-state index in [1.54, 1.807) is 0 Å². The summed E-state index contributed by atoms with van der Waals surface area (Å²) in [4.78, 5) is 2.45. The smallest absolute Gasteiger partial charge is 0.119 e. The molecular weight excluding hydrogens is 248 g/mol. The van der Waals surface area contributed by atoms with Crippen molar-refractivity contribution < 1.29 is 4.74 Å². The van der Waals surface area contributed by atoms with E-state index >= 15 is 0 Å². The van der Waals surface area contributed by atoms with E-state index in [-0.39, 0.29) is 0 Å². The monoisotopic (exact) mass is 276 g/mol. The minimum atomic E-state index is 0.731. The van der Waals surface area contributed by atoms with Gasteiger partial charge >= 0.3 is 0 Å². The van der Waals surface area contributed by atoms with Crippen molar-refractivity contribution in [2.45, 2.75) is 26.2 Å².